The Kier molecular flexibility index (Phi) is 4.44. The van der Waals surface area contributed by atoms with Gasteiger partial charge >= 0.3 is 0 Å². The number of anilines is 1. The fourth-order valence-electron chi connectivity index (χ4n) is 2.64. The summed E-state index contributed by atoms with van der Waals surface area (Å²) in [6, 6.07) is 4.65. The average Bonchev–Trinajstić information content (AvgIpc) is 3.31. The van der Waals surface area contributed by atoms with Crippen molar-refractivity contribution in [3.05, 3.63) is 22.8 Å². The van der Waals surface area contributed by atoms with Crippen molar-refractivity contribution in [2.45, 2.75) is 44.4 Å². The molecule has 1 aliphatic heterocycles. The van der Waals surface area contributed by atoms with Crippen LogP contribution in [0.1, 0.15) is 31.4 Å². The molecule has 4 nitrogen and oxygen atoms in total. The first-order valence-corrected chi connectivity index (χ1v) is 7.80. The van der Waals surface area contributed by atoms with Gasteiger partial charge in [-0.25, -0.2) is 4.98 Å². The number of methoxy groups -OCH3 is 1. The maximum absolute atomic E-state index is 6.25. The van der Waals surface area contributed by atoms with E-state index in [0.717, 1.165) is 49.0 Å². The Hall–Kier alpha value is -0.840. The summed E-state index contributed by atoms with van der Waals surface area (Å²) < 4.78 is 5.48. The lowest BCUT2D eigenvalue weighted by atomic mass is 10.1. The van der Waals surface area contributed by atoms with Gasteiger partial charge in [0.05, 0.1) is 16.8 Å². The minimum absolute atomic E-state index is 0.314. The molecule has 0 bridgehead atoms. The van der Waals surface area contributed by atoms with E-state index in [1.165, 1.54) is 12.8 Å². The van der Waals surface area contributed by atoms with Crippen LogP contribution in [0.25, 0.3) is 0 Å². The standard InChI is InChI=1S/C15H22ClN3O/c1-20-12-3-2-8-19(10-12)15-7-6-13(16)14(18-15)9-17-11-4-5-11/h6-7,11-12,17H,2-5,8-10H2,1H3. The molecule has 0 aromatic carbocycles. The van der Waals surface area contributed by atoms with Crippen molar-refractivity contribution in [3.8, 4) is 0 Å². The van der Waals surface area contributed by atoms with Crippen LogP contribution < -0.4 is 10.2 Å². The van der Waals surface area contributed by atoms with Crippen LogP contribution in [0.4, 0.5) is 5.82 Å². The van der Waals surface area contributed by atoms with Crippen molar-refractivity contribution < 1.29 is 4.74 Å². The van der Waals surface area contributed by atoms with Crippen LogP contribution in [0.5, 0.6) is 0 Å². The van der Waals surface area contributed by atoms with E-state index in [2.05, 4.69) is 10.2 Å². The molecule has 20 heavy (non-hydrogen) atoms. The van der Waals surface area contributed by atoms with Crippen LogP contribution in [-0.4, -0.2) is 37.3 Å². The van der Waals surface area contributed by atoms with Gasteiger partial charge in [0.2, 0.25) is 0 Å². The fraction of sp³-hybridized carbons (Fsp3) is 0.667. The summed E-state index contributed by atoms with van der Waals surface area (Å²) in [7, 11) is 1.79. The minimum atomic E-state index is 0.314. The number of nitrogens with one attached hydrogen (secondary N) is 1. The Bertz CT molecular complexity index is 464. The number of piperidine rings is 1. The highest BCUT2D eigenvalue weighted by Crippen LogP contribution is 2.24. The van der Waals surface area contributed by atoms with Gasteiger partial charge in [-0.3, -0.25) is 0 Å². The zero-order chi connectivity index (χ0) is 13.9. The third-order valence-corrected chi connectivity index (χ3v) is 4.42. The van der Waals surface area contributed by atoms with Crippen LogP contribution in [0.15, 0.2) is 12.1 Å². The molecule has 5 heteroatoms. The second-order valence-electron chi connectivity index (χ2n) is 5.70. The number of aromatic nitrogens is 1. The fourth-order valence-corrected chi connectivity index (χ4v) is 2.81. The van der Waals surface area contributed by atoms with Gasteiger partial charge in [-0.15, -0.1) is 0 Å². The van der Waals surface area contributed by atoms with Gasteiger partial charge in [0.15, 0.2) is 0 Å². The Morgan fingerprint density at radius 2 is 2.25 bits per heavy atom. The molecule has 1 N–H and O–H groups in total. The second-order valence-corrected chi connectivity index (χ2v) is 6.11. The van der Waals surface area contributed by atoms with E-state index >= 15 is 0 Å². The molecule has 2 fully saturated rings. The summed E-state index contributed by atoms with van der Waals surface area (Å²) in [6.45, 7) is 2.73. The highest BCUT2D eigenvalue weighted by Gasteiger charge is 2.23. The Morgan fingerprint density at radius 3 is 3.00 bits per heavy atom. The molecule has 2 aliphatic rings. The summed E-state index contributed by atoms with van der Waals surface area (Å²) in [5, 5.41) is 4.23. The molecule has 1 aromatic rings. The van der Waals surface area contributed by atoms with E-state index in [4.69, 9.17) is 21.3 Å². The van der Waals surface area contributed by atoms with E-state index in [1.54, 1.807) is 7.11 Å². The van der Waals surface area contributed by atoms with Gasteiger partial charge < -0.3 is 15.0 Å². The normalized spacial score (nSPS) is 23.1. The van der Waals surface area contributed by atoms with Gasteiger partial charge in [-0.05, 0) is 37.8 Å². The molecule has 3 rings (SSSR count). The Labute approximate surface area is 125 Å². The molecule has 1 saturated heterocycles. The SMILES string of the molecule is COC1CCCN(c2ccc(Cl)c(CNC3CC3)n2)C1. The maximum Gasteiger partial charge on any atom is 0.129 e. The first-order valence-electron chi connectivity index (χ1n) is 7.43. The van der Waals surface area contributed by atoms with Crippen LogP contribution in [0, 0.1) is 0 Å². The molecule has 1 aliphatic carbocycles. The van der Waals surface area contributed by atoms with E-state index in [-0.39, 0.29) is 0 Å². The first-order chi connectivity index (χ1) is 9.76. The van der Waals surface area contributed by atoms with Crippen molar-refractivity contribution in [3.63, 3.8) is 0 Å². The largest absolute Gasteiger partial charge is 0.380 e. The van der Waals surface area contributed by atoms with Gasteiger partial charge in [-0.1, -0.05) is 11.6 Å². The quantitative estimate of drug-likeness (QED) is 0.906. The molecule has 110 valence electrons. The number of nitrogens with zero attached hydrogens (tertiary/aromatic N) is 2. The van der Waals surface area contributed by atoms with E-state index < -0.39 is 0 Å². The molecule has 1 saturated carbocycles. The number of pyridine rings is 1. The number of hydrogen-bond acceptors (Lipinski definition) is 4. The lowest BCUT2D eigenvalue weighted by molar-refractivity contribution is 0.0891. The zero-order valence-electron chi connectivity index (χ0n) is 11.9. The van der Waals surface area contributed by atoms with Gasteiger partial charge in [0.1, 0.15) is 5.82 Å². The van der Waals surface area contributed by atoms with Crippen molar-refractivity contribution in [2.75, 3.05) is 25.1 Å². The van der Waals surface area contributed by atoms with Gasteiger partial charge in [-0.2, -0.15) is 0 Å². The van der Waals surface area contributed by atoms with E-state index in [0.29, 0.717) is 12.1 Å². The molecule has 2 heterocycles. The smallest absolute Gasteiger partial charge is 0.129 e. The maximum atomic E-state index is 6.25. The summed E-state index contributed by atoms with van der Waals surface area (Å²) in [4.78, 5) is 7.04. The van der Waals surface area contributed by atoms with Crippen molar-refractivity contribution in [1.82, 2.24) is 10.3 Å². The summed E-state index contributed by atoms with van der Waals surface area (Å²) in [5.74, 6) is 1.02. The molecule has 1 unspecified atom stereocenters. The predicted molar refractivity (Wildman–Crippen MR) is 81.4 cm³/mol. The second kappa shape index (κ2) is 6.29. The minimum Gasteiger partial charge on any atom is -0.380 e. The molecule has 1 aromatic heterocycles. The van der Waals surface area contributed by atoms with Crippen LogP contribution in [-0.2, 0) is 11.3 Å². The molecular formula is C15H22ClN3O. The number of halogens is 1. The monoisotopic (exact) mass is 295 g/mol. The van der Waals surface area contributed by atoms with Crippen molar-refractivity contribution >= 4 is 17.4 Å². The van der Waals surface area contributed by atoms with Crippen molar-refractivity contribution in [1.29, 1.82) is 0 Å². The summed E-state index contributed by atoms with van der Waals surface area (Å²) in [5.41, 5.74) is 0.954. The predicted octanol–water partition coefficient (Wildman–Crippen LogP) is 2.60. The lowest BCUT2D eigenvalue weighted by Crippen LogP contribution is -2.39. The van der Waals surface area contributed by atoms with Crippen LogP contribution in [0.3, 0.4) is 0 Å². The molecule has 0 radical (unpaired) electrons. The third kappa shape index (κ3) is 3.43. The molecular weight excluding hydrogens is 274 g/mol. The average molecular weight is 296 g/mol. The highest BCUT2D eigenvalue weighted by atomic mass is 35.5. The van der Waals surface area contributed by atoms with E-state index in [1.807, 2.05) is 12.1 Å². The lowest BCUT2D eigenvalue weighted by Gasteiger charge is -2.33. The summed E-state index contributed by atoms with van der Waals surface area (Å²) >= 11 is 6.25. The Morgan fingerprint density at radius 1 is 1.40 bits per heavy atom. The topological polar surface area (TPSA) is 37.4 Å². The van der Waals surface area contributed by atoms with Crippen LogP contribution >= 0.6 is 11.6 Å². The van der Waals surface area contributed by atoms with Gasteiger partial charge in [0.25, 0.3) is 0 Å². The Balaban J connectivity index is 1.70. The van der Waals surface area contributed by atoms with Gasteiger partial charge in [0, 0.05) is 32.8 Å². The number of ether oxygens (including phenoxy) is 1. The third-order valence-electron chi connectivity index (χ3n) is 4.07. The number of rotatable bonds is 5. The number of hydrogen-bond donors (Lipinski definition) is 1. The van der Waals surface area contributed by atoms with E-state index in [9.17, 15) is 0 Å². The van der Waals surface area contributed by atoms with Crippen molar-refractivity contribution in [2.24, 2.45) is 0 Å². The highest BCUT2D eigenvalue weighted by molar-refractivity contribution is 6.31. The molecule has 0 spiro atoms. The molecule has 1 atom stereocenters. The molecule has 0 amide bonds. The summed E-state index contributed by atoms with van der Waals surface area (Å²) in [6.07, 6.45) is 5.15. The zero-order valence-corrected chi connectivity index (χ0v) is 12.7. The van der Waals surface area contributed by atoms with Crippen LogP contribution in [0.2, 0.25) is 5.02 Å². The first kappa shape index (κ1) is 14.1.